The lowest BCUT2D eigenvalue weighted by Gasteiger charge is -2.21. The Bertz CT molecular complexity index is 517. The lowest BCUT2D eigenvalue weighted by atomic mass is 10.1. The first-order valence-corrected chi connectivity index (χ1v) is 7.31. The Morgan fingerprint density at radius 1 is 1.35 bits per heavy atom. The summed E-state index contributed by atoms with van der Waals surface area (Å²) in [5.41, 5.74) is 7.67. The topological polar surface area (TPSA) is 75.4 Å². The van der Waals surface area contributed by atoms with Crippen molar-refractivity contribution in [3.8, 4) is 0 Å². The van der Waals surface area contributed by atoms with Gasteiger partial charge in [0.2, 0.25) is 5.91 Å². The van der Waals surface area contributed by atoms with E-state index in [0.717, 1.165) is 10.0 Å². The summed E-state index contributed by atoms with van der Waals surface area (Å²) in [5, 5.41) is 2.69. The molecular weight excluding hydrogens is 322 g/mol. The van der Waals surface area contributed by atoms with Crippen LogP contribution in [0.3, 0.4) is 0 Å². The fourth-order valence-electron chi connectivity index (χ4n) is 1.85. The molecule has 5 nitrogen and oxygen atoms in total. The van der Waals surface area contributed by atoms with E-state index in [1.807, 2.05) is 13.8 Å². The highest BCUT2D eigenvalue weighted by molar-refractivity contribution is 9.10. The number of hydrogen-bond donors (Lipinski definition) is 2. The van der Waals surface area contributed by atoms with Crippen molar-refractivity contribution >= 4 is 33.4 Å². The molecule has 1 aromatic carbocycles. The highest BCUT2D eigenvalue weighted by Crippen LogP contribution is 2.23. The van der Waals surface area contributed by atoms with E-state index in [9.17, 15) is 9.59 Å². The third-order valence-corrected chi connectivity index (χ3v) is 3.48. The van der Waals surface area contributed by atoms with Crippen molar-refractivity contribution in [2.75, 3.05) is 25.4 Å². The first kappa shape index (κ1) is 16.5. The molecule has 1 rings (SSSR count). The van der Waals surface area contributed by atoms with Crippen molar-refractivity contribution in [3.63, 3.8) is 0 Å². The van der Waals surface area contributed by atoms with E-state index in [4.69, 9.17) is 5.73 Å². The summed E-state index contributed by atoms with van der Waals surface area (Å²) in [6.07, 6.45) is 0. The van der Waals surface area contributed by atoms with Gasteiger partial charge >= 0.3 is 0 Å². The molecule has 0 aliphatic rings. The van der Waals surface area contributed by atoms with Crippen LogP contribution in [-0.2, 0) is 4.79 Å². The average molecular weight is 342 g/mol. The minimum Gasteiger partial charge on any atom is -0.398 e. The maximum absolute atomic E-state index is 12.5. The van der Waals surface area contributed by atoms with Crippen LogP contribution >= 0.6 is 15.9 Å². The fourth-order valence-corrected chi connectivity index (χ4v) is 2.32. The van der Waals surface area contributed by atoms with E-state index in [2.05, 4.69) is 21.2 Å². The zero-order valence-corrected chi connectivity index (χ0v) is 13.6. The number of rotatable bonds is 5. The number of carbonyl (C=O) groups excluding carboxylic acids is 2. The van der Waals surface area contributed by atoms with Gasteiger partial charge in [-0.2, -0.15) is 0 Å². The fraction of sp³-hybridized carbons (Fsp3) is 0.429. The molecule has 0 spiro atoms. The second-order valence-electron chi connectivity index (χ2n) is 4.44. The molecule has 0 aliphatic carbocycles. The van der Waals surface area contributed by atoms with Crippen LogP contribution < -0.4 is 11.1 Å². The quantitative estimate of drug-likeness (QED) is 0.803. The monoisotopic (exact) mass is 341 g/mol. The second-order valence-corrected chi connectivity index (χ2v) is 5.36. The van der Waals surface area contributed by atoms with Gasteiger partial charge in [0.05, 0.1) is 6.54 Å². The predicted octanol–water partition coefficient (Wildman–Crippen LogP) is 1.94. The molecule has 0 saturated carbocycles. The number of carbonyl (C=O) groups is 2. The number of hydrogen-bond acceptors (Lipinski definition) is 3. The molecule has 0 fully saturated rings. The third-order valence-electron chi connectivity index (χ3n) is 3.02. The lowest BCUT2D eigenvalue weighted by Crippen LogP contribution is -2.40. The van der Waals surface area contributed by atoms with Crippen molar-refractivity contribution in [2.45, 2.75) is 20.8 Å². The molecule has 0 heterocycles. The van der Waals surface area contributed by atoms with Crippen LogP contribution in [0.25, 0.3) is 0 Å². The normalized spacial score (nSPS) is 10.2. The Morgan fingerprint density at radius 2 is 2.00 bits per heavy atom. The number of anilines is 1. The van der Waals surface area contributed by atoms with E-state index in [1.54, 1.807) is 19.1 Å². The summed E-state index contributed by atoms with van der Waals surface area (Å²) in [6.45, 7) is 6.54. The summed E-state index contributed by atoms with van der Waals surface area (Å²) in [6, 6.07) is 3.49. The Hall–Kier alpha value is -1.56. The number of benzene rings is 1. The minimum absolute atomic E-state index is 0.0506. The molecule has 0 unspecified atom stereocenters. The SMILES string of the molecule is CCNC(=O)CN(CC)C(=O)c1cc(Br)cc(N)c1C. The van der Waals surface area contributed by atoms with Gasteiger partial charge in [0.1, 0.15) is 0 Å². The maximum Gasteiger partial charge on any atom is 0.254 e. The third kappa shape index (κ3) is 3.96. The van der Waals surface area contributed by atoms with Crippen molar-refractivity contribution in [1.29, 1.82) is 0 Å². The molecule has 2 amide bonds. The lowest BCUT2D eigenvalue weighted by molar-refractivity contribution is -0.121. The van der Waals surface area contributed by atoms with Crippen LogP contribution in [0.2, 0.25) is 0 Å². The Morgan fingerprint density at radius 3 is 2.55 bits per heavy atom. The van der Waals surface area contributed by atoms with Crippen LogP contribution in [0, 0.1) is 6.92 Å². The van der Waals surface area contributed by atoms with Gasteiger partial charge in [-0.3, -0.25) is 9.59 Å². The number of halogens is 1. The van der Waals surface area contributed by atoms with E-state index in [0.29, 0.717) is 24.3 Å². The summed E-state index contributed by atoms with van der Waals surface area (Å²) in [4.78, 5) is 25.6. The summed E-state index contributed by atoms with van der Waals surface area (Å²) >= 11 is 3.33. The van der Waals surface area contributed by atoms with Crippen molar-refractivity contribution in [2.24, 2.45) is 0 Å². The van der Waals surface area contributed by atoms with Gasteiger partial charge in [-0.25, -0.2) is 0 Å². The number of nitrogens with two attached hydrogens (primary N) is 1. The van der Waals surface area contributed by atoms with Gasteiger partial charge in [0.25, 0.3) is 5.91 Å². The molecular formula is C14H20BrN3O2. The standard InChI is InChI=1S/C14H20BrN3O2/c1-4-17-13(19)8-18(5-2)14(20)11-6-10(15)7-12(16)9(11)3/h6-7H,4-5,8,16H2,1-3H3,(H,17,19). The number of likely N-dealkylation sites (N-methyl/N-ethyl adjacent to an activating group) is 2. The van der Waals surface area contributed by atoms with Crippen LogP contribution in [0.15, 0.2) is 16.6 Å². The van der Waals surface area contributed by atoms with E-state index in [-0.39, 0.29) is 18.4 Å². The van der Waals surface area contributed by atoms with Gasteiger partial charge in [0.15, 0.2) is 0 Å². The van der Waals surface area contributed by atoms with Crippen LogP contribution in [0.4, 0.5) is 5.69 Å². The molecule has 0 bridgehead atoms. The van der Waals surface area contributed by atoms with Crippen molar-refractivity contribution < 1.29 is 9.59 Å². The van der Waals surface area contributed by atoms with Crippen LogP contribution in [0.1, 0.15) is 29.8 Å². The second kappa shape index (κ2) is 7.28. The number of amides is 2. The summed E-state index contributed by atoms with van der Waals surface area (Å²) in [5.74, 6) is -0.354. The Labute approximate surface area is 127 Å². The first-order valence-electron chi connectivity index (χ1n) is 6.52. The molecule has 3 N–H and O–H groups in total. The molecule has 0 saturated heterocycles. The Kier molecular flexibility index (Phi) is 6.01. The average Bonchev–Trinajstić information content (AvgIpc) is 2.39. The minimum atomic E-state index is -0.191. The molecule has 0 radical (unpaired) electrons. The van der Waals surface area contributed by atoms with Gasteiger partial charge < -0.3 is 16.0 Å². The zero-order chi connectivity index (χ0) is 15.3. The van der Waals surface area contributed by atoms with E-state index < -0.39 is 0 Å². The van der Waals surface area contributed by atoms with Crippen LogP contribution in [0.5, 0.6) is 0 Å². The number of nitrogen functional groups attached to an aromatic ring is 1. The predicted molar refractivity (Wildman–Crippen MR) is 83.6 cm³/mol. The summed E-state index contributed by atoms with van der Waals surface area (Å²) in [7, 11) is 0. The summed E-state index contributed by atoms with van der Waals surface area (Å²) < 4.78 is 0.748. The molecule has 0 aliphatic heterocycles. The van der Waals surface area contributed by atoms with Gasteiger partial charge in [0, 0.05) is 28.8 Å². The molecule has 110 valence electrons. The molecule has 6 heteroatoms. The number of nitrogens with one attached hydrogen (secondary N) is 1. The maximum atomic E-state index is 12.5. The largest absolute Gasteiger partial charge is 0.398 e. The number of nitrogens with zero attached hydrogens (tertiary/aromatic N) is 1. The van der Waals surface area contributed by atoms with Crippen molar-refractivity contribution in [1.82, 2.24) is 10.2 Å². The van der Waals surface area contributed by atoms with E-state index in [1.165, 1.54) is 4.90 Å². The zero-order valence-electron chi connectivity index (χ0n) is 12.0. The van der Waals surface area contributed by atoms with Crippen LogP contribution in [-0.4, -0.2) is 36.3 Å². The molecule has 20 heavy (non-hydrogen) atoms. The highest BCUT2D eigenvalue weighted by atomic mass is 79.9. The van der Waals surface area contributed by atoms with E-state index >= 15 is 0 Å². The van der Waals surface area contributed by atoms with Gasteiger partial charge in [-0.1, -0.05) is 15.9 Å². The van der Waals surface area contributed by atoms with Gasteiger partial charge in [-0.05, 0) is 38.5 Å². The van der Waals surface area contributed by atoms with Gasteiger partial charge in [-0.15, -0.1) is 0 Å². The smallest absolute Gasteiger partial charge is 0.254 e. The first-order chi connectivity index (χ1) is 9.40. The highest BCUT2D eigenvalue weighted by Gasteiger charge is 2.20. The molecule has 1 aromatic rings. The molecule has 0 aromatic heterocycles. The van der Waals surface area contributed by atoms with Crippen molar-refractivity contribution in [3.05, 3.63) is 27.7 Å². The molecule has 0 atom stereocenters. The Balaban J connectivity index is 3.00.